The summed E-state index contributed by atoms with van der Waals surface area (Å²) in [6.07, 6.45) is 2.10. The molecule has 5 aromatic heterocycles. The number of rotatable bonds is 8. The SMILES string of the molecule is Cc1cc(-n2c3ccccc3c3ccc(Oc4cccc(N5CN(c6cc(C(C)(C)C)nc(C(C)(C)C)c6)c6ccccc65)c4)cc32)ncc1-c1c(-n2c3ccccc3c3ccccc32)cccc1-n1c2ccccc2c2ccccc21. The minimum atomic E-state index is -0.110. The summed E-state index contributed by atoms with van der Waals surface area (Å²) in [7, 11) is 0. The number of pyridine rings is 2. The van der Waals surface area contributed by atoms with Gasteiger partial charge in [-0.05, 0) is 110 Å². The van der Waals surface area contributed by atoms with Gasteiger partial charge in [0.15, 0.2) is 0 Å². The molecule has 0 amide bonds. The number of benzene rings is 9. The van der Waals surface area contributed by atoms with Crippen LogP contribution in [0.25, 0.3) is 93.7 Å². The number of aryl methyl sites for hydroxylation is 1. The predicted molar refractivity (Wildman–Crippen MR) is 341 cm³/mol. The van der Waals surface area contributed by atoms with Crippen molar-refractivity contribution in [2.24, 2.45) is 0 Å². The molecule has 1 aliphatic heterocycles. The molecular weight excluding hydrogens is 1000 g/mol. The molecule has 1 aliphatic rings. The number of hydrogen-bond acceptors (Lipinski definition) is 5. The standard InChI is InChI=1S/C74H61N7O/c1-47-40-71(75-45-58(47)72-66(79-59-29-13-8-24-52(59)53-25-9-14-30-60(53)79)36-21-37-67(72)80-61-31-15-10-26-54(61)55-27-11-16-32-62(55)80)81-63-33-17-12-28-56(63)57-39-38-51(44-68(57)81)82-50-23-20-22-48(41-50)77-46-78(65-35-19-18-34-64(65)77)49-42-69(73(2,3)4)76-70(43-49)74(5,6)7/h8-45H,46H2,1-7H3. The van der Waals surface area contributed by atoms with E-state index >= 15 is 0 Å². The Labute approximate surface area is 477 Å². The summed E-state index contributed by atoms with van der Waals surface area (Å²) < 4.78 is 14.1. The van der Waals surface area contributed by atoms with Crippen LogP contribution in [-0.4, -0.2) is 30.3 Å². The Bertz CT molecular complexity index is 4620. The topological polar surface area (TPSA) is 56.3 Å². The van der Waals surface area contributed by atoms with Gasteiger partial charge in [-0.25, -0.2) is 4.98 Å². The molecule has 0 radical (unpaired) electrons. The van der Waals surface area contributed by atoms with Crippen molar-refractivity contribution in [3.8, 4) is 39.8 Å². The van der Waals surface area contributed by atoms with Crippen LogP contribution in [0.4, 0.5) is 22.7 Å². The molecule has 0 N–H and O–H groups in total. The van der Waals surface area contributed by atoms with Gasteiger partial charge in [0.05, 0.1) is 55.8 Å². The Morgan fingerprint density at radius 1 is 0.378 bits per heavy atom. The first-order valence-electron chi connectivity index (χ1n) is 28.4. The molecular formula is C74H61N7O. The van der Waals surface area contributed by atoms with Crippen LogP contribution in [0, 0.1) is 6.92 Å². The zero-order valence-corrected chi connectivity index (χ0v) is 47.2. The third-order valence-corrected chi connectivity index (χ3v) is 16.7. The number of anilines is 4. The molecule has 0 aliphatic carbocycles. The molecule has 0 atom stereocenters. The number of fused-ring (bicyclic) bond motifs is 10. The highest BCUT2D eigenvalue weighted by Crippen LogP contribution is 2.48. The largest absolute Gasteiger partial charge is 0.457 e. The Kier molecular flexibility index (Phi) is 11.1. The van der Waals surface area contributed by atoms with E-state index in [1.165, 1.54) is 21.5 Å². The summed E-state index contributed by atoms with van der Waals surface area (Å²) in [4.78, 5) is 15.5. The van der Waals surface area contributed by atoms with Gasteiger partial charge in [0.25, 0.3) is 0 Å². The van der Waals surface area contributed by atoms with Crippen molar-refractivity contribution in [2.75, 3.05) is 16.5 Å². The van der Waals surface area contributed by atoms with E-state index in [0.717, 1.165) is 123 Å². The Morgan fingerprint density at radius 3 is 1.30 bits per heavy atom. The van der Waals surface area contributed by atoms with Gasteiger partial charge in [0.2, 0.25) is 0 Å². The molecule has 398 valence electrons. The average molecular weight is 1060 g/mol. The molecule has 14 aromatic rings. The molecule has 0 spiro atoms. The van der Waals surface area contributed by atoms with Crippen LogP contribution in [0.5, 0.6) is 11.5 Å². The van der Waals surface area contributed by atoms with Gasteiger partial charge >= 0.3 is 0 Å². The van der Waals surface area contributed by atoms with Crippen molar-refractivity contribution in [3.63, 3.8) is 0 Å². The minimum Gasteiger partial charge on any atom is -0.457 e. The fraction of sp³-hybridized carbons (Fsp3) is 0.135. The molecule has 6 heterocycles. The van der Waals surface area contributed by atoms with E-state index in [9.17, 15) is 0 Å². The highest BCUT2D eigenvalue weighted by molar-refractivity contribution is 6.13. The summed E-state index contributed by atoms with van der Waals surface area (Å²) in [6.45, 7) is 16.3. The lowest BCUT2D eigenvalue weighted by atomic mass is 9.87. The zero-order valence-electron chi connectivity index (χ0n) is 47.2. The molecule has 0 saturated heterocycles. The van der Waals surface area contributed by atoms with Crippen molar-refractivity contribution < 1.29 is 4.74 Å². The first-order chi connectivity index (χ1) is 39.9. The van der Waals surface area contributed by atoms with E-state index in [-0.39, 0.29) is 10.8 Å². The van der Waals surface area contributed by atoms with Crippen LogP contribution in [0.1, 0.15) is 58.5 Å². The number of aromatic nitrogens is 5. The fourth-order valence-electron chi connectivity index (χ4n) is 12.7. The monoisotopic (exact) mass is 1060 g/mol. The lowest BCUT2D eigenvalue weighted by Gasteiger charge is -2.28. The Hall–Kier alpha value is -9.92. The van der Waals surface area contributed by atoms with Gasteiger partial charge in [-0.2, -0.15) is 0 Å². The number of ether oxygens (including phenoxy) is 1. The summed E-state index contributed by atoms with van der Waals surface area (Å²) in [5, 5.41) is 7.14. The third-order valence-electron chi connectivity index (χ3n) is 16.7. The molecule has 0 saturated carbocycles. The lowest BCUT2D eigenvalue weighted by Crippen LogP contribution is -2.26. The number of nitrogens with zero attached hydrogens (tertiary/aromatic N) is 7. The van der Waals surface area contributed by atoms with Crippen LogP contribution >= 0.6 is 0 Å². The fourth-order valence-corrected chi connectivity index (χ4v) is 12.7. The summed E-state index contributed by atoms with van der Waals surface area (Å²) >= 11 is 0. The molecule has 82 heavy (non-hydrogen) atoms. The molecule has 0 unspecified atom stereocenters. The van der Waals surface area contributed by atoms with E-state index in [1.807, 2.05) is 6.07 Å². The Balaban J connectivity index is 0.837. The van der Waals surface area contributed by atoms with Gasteiger partial charge in [-0.1, -0.05) is 157 Å². The number of para-hydroxylation sites is 7. The molecule has 0 fully saturated rings. The molecule has 0 bridgehead atoms. The second-order valence-electron chi connectivity index (χ2n) is 24.0. The maximum Gasteiger partial charge on any atom is 0.137 e. The summed E-state index contributed by atoms with van der Waals surface area (Å²) in [5.74, 6) is 2.32. The second-order valence-corrected chi connectivity index (χ2v) is 24.0. The molecule has 8 heteroatoms. The molecule has 15 rings (SSSR count). The highest BCUT2D eigenvalue weighted by atomic mass is 16.5. The Morgan fingerprint density at radius 2 is 0.805 bits per heavy atom. The van der Waals surface area contributed by atoms with Gasteiger partial charge < -0.3 is 23.7 Å². The predicted octanol–water partition coefficient (Wildman–Crippen LogP) is 19.4. The van der Waals surface area contributed by atoms with E-state index in [0.29, 0.717) is 6.67 Å². The van der Waals surface area contributed by atoms with E-state index in [4.69, 9.17) is 14.7 Å². The maximum atomic E-state index is 6.91. The van der Waals surface area contributed by atoms with Crippen molar-refractivity contribution >= 4 is 88.2 Å². The maximum absolute atomic E-state index is 6.91. The second kappa shape index (κ2) is 18.6. The average Bonchev–Trinajstić information content (AvgIpc) is 4.05. The smallest absolute Gasteiger partial charge is 0.137 e. The van der Waals surface area contributed by atoms with Gasteiger partial charge in [-0.3, -0.25) is 9.55 Å². The van der Waals surface area contributed by atoms with Crippen LogP contribution < -0.4 is 14.5 Å². The van der Waals surface area contributed by atoms with Crippen LogP contribution in [-0.2, 0) is 10.8 Å². The van der Waals surface area contributed by atoms with Crippen molar-refractivity contribution in [3.05, 3.63) is 248 Å². The van der Waals surface area contributed by atoms with Crippen molar-refractivity contribution in [1.82, 2.24) is 23.7 Å². The van der Waals surface area contributed by atoms with Gasteiger partial charge in [-0.15, -0.1) is 0 Å². The van der Waals surface area contributed by atoms with E-state index < -0.39 is 0 Å². The zero-order chi connectivity index (χ0) is 55.6. The van der Waals surface area contributed by atoms with Gasteiger partial charge in [0.1, 0.15) is 24.0 Å². The lowest BCUT2D eigenvalue weighted by molar-refractivity contribution is 0.483. The van der Waals surface area contributed by atoms with E-state index in [2.05, 4.69) is 297 Å². The minimum absolute atomic E-state index is 0.110. The normalized spacial score (nSPS) is 13.0. The van der Waals surface area contributed by atoms with Crippen molar-refractivity contribution in [2.45, 2.75) is 59.3 Å². The highest BCUT2D eigenvalue weighted by Gasteiger charge is 2.32. The summed E-state index contributed by atoms with van der Waals surface area (Å²) in [5.41, 5.74) is 18.6. The van der Waals surface area contributed by atoms with Crippen molar-refractivity contribution in [1.29, 1.82) is 0 Å². The first-order valence-corrected chi connectivity index (χ1v) is 28.4. The van der Waals surface area contributed by atoms with Crippen LogP contribution in [0.3, 0.4) is 0 Å². The van der Waals surface area contributed by atoms with Gasteiger partial charge in [0, 0.05) is 95.4 Å². The van der Waals surface area contributed by atoms with Crippen LogP contribution in [0.2, 0.25) is 0 Å². The number of hydrogen-bond donors (Lipinski definition) is 0. The molecule has 8 nitrogen and oxygen atoms in total. The quantitative estimate of drug-likeness (QED) is 0.152. The van der Waals surface area contributed by atoms with Crippen LogP contribution in [0.15, 0.2) is 231 Å². The van der Waals surface area contributed by atoms with E-state index in [1.54, 1.807) is 0 Å². The first kappa shape index (κ1) is 49.1. The third kappa shape index (κ3) is 7.87. The summed E-state index contributed by atoms with van der Waals surface area (Å²) in [6, 6.07) is 80.8. The molecule has 9 aromatic carbocycles.